The van der Waals surface area contributed by atoms with Crippen LogP contribution in [0.1, 0.15) is 55.1 Å². The first-order chi connectivity index (χ1) is 15.7. The first kappa shape index (κ1) is 24.5. The van der Waals surface area contributed by atoms with Crippen LogP contribution in [0.25, 0.3) is 0 Å². The third kappa shape index (κ3) is 3.58. The largest absolute Gasteiger partial charge is 0.507 e. The van der Waals surface area contributed by atoms with Crippen LogP contribution in [-0.2, 0) is 24.6 Å². The van der Waals surface area contributed by atoms with Gasteiger partial charge in [-0.15, -0.1) is 0 Å². The van der Waals surface area contributed by atoms with Crippen LogP contribution in [0, 0.1) is 6.92 Å². The molecule has 0 spiro atoms. The monoisotopic (exact) mass is 473 g/mol. The van der Waals surface area contributed by atoms with E-state index in [0.717, 1.165) is 6.08 Å². The van der Waals surface area contributed by atoms with Crippen molar-refractivity contribution in [3.63, 3.8) is 0 Å². The number of carboxylic acids is 2. The molecule has 0 saturated carbocycles. The zero-order chi connectivity index (χ0) is 25.7. The Hall–Kier alpha value is -4.15. The van der Waals surface area contributed by atoms with E-state index >= 15 is 0 Å². The Morgan fingerprint density at radius 1 is 1.12 bits per heavy atom. The summed E-state index contributed by atoms with van der Waals surface area (Å²) in [6.07, 6.45) is 0.246. The third-order valence-electron chi connectivity index (χ3n) is 6.10. The Kier molecular flexibility index (Phi) is 6.00. The van der Waals surface area contributed by atoms with Crippen molar-refractivity contribution < 1.29 is 49.1 Å². The maximum atomic E-state index is 13.7. The zero-order valence-corrected chi connectivity index (χ0v) is 18.8. The molecule has 2 aliphatic rings. The van der Waals surface area contributed by atoms with E-state index in [1.54, 1.807) is 0 Å². The number of carbonyl (C=O) groups excluding carboxylic acids is 3. The van der Waals surface area contributed by atoms with Gasteiger partial charge in [-0.1, -0.05) is 0 Å². The molecule has 0 aromatic heterocycles. The van der Waals surface area contributed by atoms with Crippen molar-refractivity contribution in [2.24, 2.45) is 0 Å². The molecule has 0 fully saturated rings. The summed E-state index contributed by atoms with van der Waals surface area (Å²) in [5.74, 6) is -6.18. The Morgan fingerprint density at radius 3 is 2.26 bits per heavy atom. The lowest BCUT2D eigenvalue weighted by molar-refractivity contribution is -0.140. The number of ether oxygens (including phenoxy) is 1. The predicted molar refractivity (Wildman–Crippen MR) is 115 cm³/mol. The molecule has 0 radical (unpaired) electrons. The van der Waals surface area contributed by atoms with Crippen LogP contribution in [0.3, 0.4) is 0 Å². The minimum Gasteiger partial charge on any atom is -0.507 e. The van der Waals surface area contributed by atoms with Crippen molar-refractivity contribution >= 4 is 29.3 Å². The number of allylic oxidation sites excluding steroid dienone is 4. The minimum absolute atomic E-state index is 0.0558. The SMILES string of the molecule is CC(=O)c1c(O)c(C)c(O)c2c1OC1=CC(=O)/C(=C(/C)N[C@@H](CCC(=O)O)C(=O)O)C(=O)[C@@]12C. The Morgan fingerprint density at radius 2 is 1.74 bits per heavy atom. The smallest absolute Gasteiger partial charge is 0.326 e. The molecule has 0 saturated heterocycles. The lowest BCUT2D eigenvalue weighted by Gasteiger charge is -2.29. The number of fused-ring (bicyclic) bond motifs is 3. The number of Topliss-reactive ketones (excluding diaryl/α,β-unsaturated/α-hetero) is 2. The van der Waals surface area contributed by atoms with Gasteiger partial charge in [0.25, 0.3) is 0 Å². The topological polar surface area (TPSA) is 188 Å². The predicted octanol–water partition coefficient (Wildman–Crippen LogP) is 1.48. The molecule has 1 aliphatic heterocycles. The summed E-state index contributed by atoms with van der Waals surface area (Å²) in [5, 5.41) is 41.9. The molecule has 1 heterocycles. The molecule has 1 aromatic carbocycles. The van der Waals surface area contributed by atoms with Gasteiger partial charge < -0.3 is 30.5 Å². The molecule has 1 aliphatic carbocycles. The van der Waals surface area contributed by atoms with Gasteiger partial charge in [-0.05, 0) is 34.1 Å². The van der Waals surface area contributed by atoms with E-state index in [2.05, 4.69) is 5.32 Å². The summed E-state index contributed by atoms with van der Waals surface area (Å²) in [4.78, 5) is 61.1. The fourth-order valence-electron chi connectivity index (χ4n) is 4.22. The van der Waals surface area contributed by atoms with Gasteiger partial charge in [-0.2, -0.15) is 0 Å². The number of aliphatic carboxylic acids is 2. The first-order valence-corrected chi connectivity index (χ1v) is 10.2. The number of nitrogens with one attached hydrogen (secondary N) is 1. The van der Waals surface area contributed by atoms with Crippen LogP contribution in [0.2, 0.25) is 0 Å². The van der Waals surface area contributed by atoms with Gasteiger partial charge in [0.05, 0.1) is 11.1 Å². The average molecular weight is 473 g/mol. The Bertz CT molecular complexity index is 1240. The minimum atomic E-state index is -1.74. The van der Waals surface area contributed by atoms with Gasteiger partial charge in [-0.3, -0.25) is 19.2 Å². The molecular weight excluding hydrogens is 450 g/mol. The maximum absolute atomic E-state index is 13.7. The van der Waals surface area contributed by atoms with Crippen molar-refractivity contribution in [2.75, 3.05) is 0 Å². The average Bonchev–Trinajstić information content (AvgIpc) is 3.02. The Balaban J connectivity index is 2.17. The normalized spacial score (nSPS) is 21.1. The molecule has 1 aromatic rings. The van der Waals surface area contributed by atoms with Gasteiger partial charge in [-0.25, -0.2) is 4.79 Å². The summed E-state index contributed by atoms with van der Waals surface area (Å²) >= 11 is 0. The quantitative estimate of drug-likeness (QED) is 0.219. The summed E-state index contributed by atoms with van der Waals surface area (Å²) in [7, 11) is 0. The summed E-state index contributed by atoms with van der Waals surface area (Å²) in [6.45, 7) is 5.21. The van der Waals surface area contributed by atoms with Crippen LogP contribution in [0.15, 0.2) is 23.1 Å². The van der Waals surface area contributed by atoms with E-state index in [4.69, 9.17) is 9.84 Å². The van der Waals surface area contributed by atoms with E-state index in [1.807, 2.05) is 0 Å². The second kappa shape index (κ2) is 8.32. The standard InChI is InChI=1S/C23H23NO10/c1-8-18(29)16(10(3)25)20-17(19(8)30)23(4)13(34-20)7-12(26)15(21(23)31)9(2)24-11(22(32)33)5-6-14(27)28/h7,11,24,29-30H,5-6H2,1-4H3,(H,27,28)(H,32,33)/b15-9+/t11-,23-/m0/s1. The molecular formula is C23H23NO10. The van der Waals surface area contributed by atoms with E-state index < -0.39 is 64.2 Å². The van der Waals surface area contributed by atoms with Crippen LogP contribution in [0.5, 0.6) is 17.2 Å². The van der Waals surface area contributed by atoms with Gasteiger partial charge in [0.15, 0.2) is 17.3 Å². The lowest BCUT2D eigenvalue weighted by atomic mass is 9.70. The van der Waals surface area contributed by atoms with Crippen LogP contribution < -0.4 is 10.1 Å². The second-order valence-corrected chi connectivity index (χ2v) is 8.35. The molecule has 5 N–H and O–H groups in total. The maximum Gasteiger partial charge on any atom is 0.326 e. The molecule has 34 heavy (non-hydrogen) atoms. The van der Waals surface area contributed by atoms with Gasteiger partial charge in [0.2, 0.25) is 0 Å². The molecule has 0 bridgehead atoms. The van der Waals surface area contributed by atoms with Gasteiger partial charge >= 0.3 is 11.9 Å². The highest BCUT2D eigenvalue weighted by molar-refractivity contribution is 6.31. The Labute approximate surface area is 193 Å². The summed E-state index contributed by atoms with van der Waals surface area (Å²) in [5.41, 5.74) is -2.64. The van der Waals surface area contributed by atoms with Crippen molar-refractivity contribution in [1.82, 2.24) is 5.32 Å². The zero-order valence-electron chi connectivity index (χ0n) is 18.8. The number of benzene rings is 1. The molecule has 180 valence electrons. The number of carboxylic acid groups (broad SMARTS) is 2. The number of ketones is 3. The highest BCUT2D eigenvalue weighted by Gasteiger charge is 2.56. The summed E-state index contributed by atoms with van der Waals surface area (Å²) < 4.78 is 5.65. The number of rotatable bonds is 7. The second-order valence-electron chi connectivity index (χ2n) is 8.35. The number of phenolic OH excluding ortho intramolecular Hbond substituents is 2. The highest BCUT2D eigenvalue weighted by atomic mass is 16.5. The molecule has 11 heteroatoms. The molecule has 2 atom stereocenters. The van der Waals surface area contributed by atoms with Gasteiger partial charge in [0.1, 0.15) is 40.0 Å². The number of phenols is 2. The van der Waals surface area contributed by atoms with E-state index in [9.17, 15) is 39.3 Å². The number of carbonyl (C=O) groups is 5. The highest BCUT2D eigenvalue weighted by Crippen LogP contribution is 2.57. The number of hydrogen-bond acceptors (Lipinski definition) is 9. The van der Waals surface area contributed by atoms with E-state index in [1.165, 1.54) is 27.7 Å². The third-order valence-corrected chi connectivity index (χ3v) is 6.10. The van der Waals surface area contributed by atoms with Crippen molar-refractivity contribution in [3.05, 3.63) is 39.8 Å². The van der Waals surface area contributed by atoms with Crippen molar-refractivity contribution in [3.8, 4) is 17.2 Å². The molecule has 0 unspecified atom stereocenters. The van der Waals surface area contributed by atoms with Crippen molar-refractivity contribution in [2.45, 2.75) is 52.0 Å². The van der Waals surface area contributed by atoms with Crippen LogP contribution >= 0.6 is 0 Å². The van der Waals surface area contributed by atoms with Crippen LogP contribution in [0.4, 0.5) is 0 Å². The number of aromatic hydroxyl groups is 2. The fourth-order valence-corrected chi connectivity index (χ4v) is 4.22. The number of hydrogen-bond donors (Lipinski definition) is 5. The van der Waals surface area contributed by atoms with Crippen LogP contribution in [-0.4, -0.2) is 55.8 Å². The summed E-state index contributed by atoms with van der Waals surface area (Å²) in [6, 6.07) is -1.38. The molecule has 3 rings (SSSR count). The van der Waals surface area contributed by atoms with E-state index in [-0.39, 0.29) is 40.3 Å². The lowest BCUT2D eigenvalue weighted by Crippen LogP contribution is -2.43. The first-order valence-electron chi connectivity index (χ1n) is 10.2. The van der Waals surface area contributed by atoms with E-state index in [0.29, 0.717) is 0 Å². The van der Waals surface area contributed by atoms with Crippen molar-refractivity contribution in [1.29, 1.82) is 0 Å². The molecule has 11 nitrogen and oxygen atoms in total. The fraction of sp³-hybridized carbons (Fsp3) is 0.348. The van der Waals surface area contributed by atoms with Gasteiger partial charge in [0, 0.05) is 23.8 Å². The molecule has 0 amide bonds.